The molecule has 2 aromatic rings. The SMILES string of the molecule is CCc1cnc(CNc2ncnc(Cl)c2[N+](=O)[O-])s1. The van der Waals surface area contributed by atoms with E-state index in [1.807, 2.05) is 6.92 Å². The molecule has 19 heavy (non-hydrogen) atoms. The van der Waals surface area contributed by atoms with Crippen LogP contribution in [0.5, 0.6) is 0 Å². The van der Waals surface area contributed by atoms with Gasteiger partial charge in [0, 0.05) is 11.1 Å². The summed E-state index contributed by atoms with van der Waals surface area (Å²) in [6.45, 7) is 2.40. The van der Waals surface area contributed by atoms with Crippen LogP contribution in [0.2, 0.25) is 5.15 Å². The third kappa shape index (κ3) is 3.15. The Hall–Kier alpha value is -1.80. The maximum Gasteiger partial charge on any atom is 0.348 e. The monoisotopic (exact) mass is 299 g/mol. The quantitative estimate of drug-likeness (QED) is 0.518. The molecule has 0 fully saturated rings. The van der Waals surface area contributed by atoms with E-state index in [1.165, 1.54) is 6.33 Å². The van der Waals surface area contributed by atoms with Crippen molar-refractivity contribution in [1.29, 1.82) is 0 Å². The fourth-order valence-corrected chi connectivity index (χ4v) is 2.41. The molecule has 0 aliphatic carbocycles. The van der Waals surface area contributed by atoms with Gasteiger partial charge in [-0.3, -0.25) is 10.1 Å². The van der Waals surface area contributed by atoms with Gasteiger partial charge in [0.05, 0.1) is 11.5 Å². The number of anilines is 1. The van der Waals surface area contributed by atoms with Crippen LogP contribution in [-0.4, -0.2) is 19.9 Å². The van der Waals surface area contributed by atoms with Crippen LogP contribution < -0.4 is 5.32 Å². The first-order valence-electron chi connectivity index (χ1n) is 5.44. The molecule has 0 spiro atoms. The van der Waals surface area contributed by atoms with E-state index in [1.54, 1.807) is 17.5 Å². The van der Waals surface area contributed by atoms with Gasteiger partial charge in [-0.2, -0.15) is 0 Å². The van der Waals surface area contributed by atoms with E-state index in [2.05, 4.69) is 20.3 Å². The zero-order valence-corrected chi connectivity index (χ0v) is 11.5. The highest BCUT2D eigenvalue weighted by atomic mass is 35.5. The van der Waals surface area contributed by atoms with Crippen molar-refractivity contribution < 1.29 is 4.92 Å². The van der Waals surface area contributed by atoms with Crippen LogP contribution in [0.1, 0.15) is 16.8 Å². The molecule has 0 saturated carbocycles. The van der Waals surface area contributed by atoms with Crippen LogP contribution >= 0.6 is 22.9 Å². The lowest BCUT2D eigenvalue weighted by molar-refractivity contribution is -0.384. The van der Waals surface area contributed by atoms with Gasteiger partial charge < -0.3 is 5.32 Å². The maximum atomic E-state index is 10.9. The molecule has 0 aromatic carbocycles. The summed E-state index contributed by atoms with van der Waals surface area (Å²) in [7, 11) is 0. The van der Waals surface area contributed by atoms with Gasteiger partial charge in [-0.25, -0.2) is 15.0 Å². The Morgan fingerprint density at radius 1 is 1.47 bits per heavy atom. The highest BCUT2D eigenvalue weighted by Gasteiger charge is 2.21. The summed E-state index contributed by atoms with van der Waals surface area (Å²) in [5.41, 5.74) is -0.323. The topological polar surface area (TPSA) is 93.8 Å². The van der Waals surface area contributed by atoms with E-state index < -0.39 is 4.92 Å². The molecule has 0 saturated heterocycles. The number of hydrogen-bond acceptors (Lipinski definition) is 7. The minimum Gasteiger partial charge on any atom is -0.358 e. The molecule has 1 N–H and O–H groups in total. The van der Waals surface area contributed by atoms with Gasteiger partial charge in [0.15, 0.2) is 0 Å². The number of halogens is 1. The van der Waals surface area contributed by atoms with Gasteiger partial charge in [-0.15, -0.1) is 11.3 Å². The summed E-state index contributed by atoms with van der Waals surface area (Å²) in [4.78, 5) is 23.1. The zero-order valence-electron chi connectivity index (χ0n) is 9.96. The molecule has 2 rings (SSSR count). The average Bonchev–Trinajstić information content (AvgIpc) is 2.83. The normalized spacial score (nSPS) is 10.4. The standard InChI is InChI=1S/C10H10ClN5O2S/c1-2-6-3-12-7(19-6)4-13-10-8(16(17)18)9(11)14-5-15-10/h3,5H,2,4H2,1H3,(H,13,14,15). The molecule has 0 aliphatic rings. The summed E-state index contributed by atoms with van der Waals surface area (Å²) in [6.07, 6.45) is 3.89. The Morgan fingerprint density at radius 2 is 2.26 bits per heavy atom. The number of aryl methyl sites for hydroxylation is 1. The highest BCUT2D eigenvalue weighted by molar-refractivity contribution is 7.11. The van der Waals surface area contributed by atoms with Gasteiger partial charge in [0.25, 0.3) is 0 Å². The minimum atomic E-state index is -0.607. The third-order valence-electron chi connectivity index (χ3n) is 2.32. The number of thiazole rings is 1. The minimum absolute atomic E-state index is 0.0956. The first kappa shape index (κ1) is 13.6. The lowest BCUT2D eigenvalue weighted by atomic mass is 10.4. The van der Waals surface area contributed by atoms with Crippen molar-refractivity contribution in [3.63, 3.8) is 0 Å². The number of aromatic nitrogens is 3. The van der Waals surface area contributed by atoms with Crippen molar-refractivity contribution in [2.75, 3.05) is 5.32 Å². The number of rotatable bonds is 5. The van der Waals surface area contributed by atoms with Gasteiger partial charge in [0.1, 0.15) is 11.3 Å². The van der Waals surface area contributed by atoms with Gasteiger partial charge in [-0.05, 0) is 6.42 Å². The Labute approximate surface area is 117 Å². The molecular weight excluding hydrogens is 290 g/mol. The van der Waals surface area contributed by atoms with Crippen LogP contribution in [0.4, 0.5) is 11.5 Å². The van der Waals surface area contributed by atoms with Crippen LogP contribution in [0.25, 0.3) is 0 Å². The summed E-state index contributed by atoms with van der Waals surface area (Å²) in [5.74, 6) is 0.0956. The molecular formula is C10H10ClN5O2S. The second-order valence-corrected chi connectivity index (χ2v) is 5.10. The molecule has 0 radical (unpaired) electrons. The number of nitrogens with zero attached hydrogens (tertiary/aromatic N) is 4. The van der Waals surface area contributed by atoms with E-state index in [0.29, 0.717) is 6.54 Å². The number of nitro groups is 1. The van der Waals surface area contributed by atoms with Gasteiger partial charge in [0.2, 0.25) is 11.0 Å². The Bertz CT molecular complexity index is 603. The Morgan fingerprint density at radius 3 is 2.89 bits per heavy atom. The molecule has 100 valence electrons. The van der Waals surface area contributed by atoms with Gasteiger partial charge in [-0.1, -0.05) is 18.5 Å². The summed E-state index contributed by atoms with van der Waals surface area (Å²) < 4.78 is 0. The van der Waals surface area contributed by atoms with E-state index in [-0.39, 0.29) is 16.7 Å². The highest BCUT2D eigenvalue weighted by Crippen LogP contribution is 2.28. The van der Waals surface area contributed by atoms with E-state index in [9.17, 15) is 10.1 Å². The molecule has 2 heterocycles. The van der Waals surface area contributed by atoms with Crippen molar-refractivity contribution in [3.05, 3.63) is 37.7 Å². The predicted molar refractivity (Wildman–Crippen MR) is 72.5 cm³/mol. The van der Waals surface area contributed by atoms with Gasteiger partial charge >= 0.3 is 5.69 Å². The first-order valence-corrected chi connectivity index (χ1v) is 6.63. The van der Waals surface area contributed by atoms with Crippen LogP contribution in [0.3, 0.4) is 0 Å². The Kier molecular flexibility index (Phi) is 4.23. The fraction of sp³-hybridized carbons (Fsp3) is 0.300. The second kappa shape index (κ2) is 5.89. The molecule has 0 bridgehead atoms. The van der Waals surface area contributed by atoms with Crippen LogP contribution in [-0.2, 0) is 13.0 Å². The molecule has 0 aliphatic heterocycles. The largest absolute Gasteiger partial charge is 0.358 e. The molecule has 0 amide bonds. The van der Waals surface area contributed by atoms with Crippen LogP contribution in [0, 0.1) is 10.1 Å². The van der Waals surface area contributed by atoms with E-state index >= 15 is 0 Å². The lowest BCUT2D eigenvalue weighted by Crippen LogP contribution is -2.05. The Balaban J connectivity index is 2.15. The lowest BCUT2D eigenvalue weighted by Gasteiger charge is -2.04. The molecule has 0 atom stereocenters. The third-order valence-corrected chi connectivity index (χ3v) is 3.74. The van der Waals surface area contributed by atoms with Crippen molar-refractivity contribution in [1.82, 2.24) is 15.0 Å². The van der Waals surface area contributed by atoms with Crippen molar-refractivity contribution >= 4 is 34.4 Å². The zero-order chi connectivity index (χ0) is 13.8. The van der Waals surface area contributed by atoms with E-state index in [4.69, 9.17) is 11.6 Å². The smallest absolute Gasteiger partial charge is 0.348 e. The second-order valence-electron chi connectivity index (χ2n) is 3.55. The number of hydrogen-bond donors (Lipinski definition) is 1. The molecule has 2 aromatic heterocycles. The van der Waals surface area contributed by atoms with Crippen molar-refractivity contribution in [2.24, 2.45) is 0 Å². The predicted octanol–water partition coefficient (Wildman–Crippen LogP) is 2.67. The average molecular weight is 300 g/mol. The summed E-state index contributed by atoms with van der Waals surface area (Å²) in [5, 5.41) is 14.4. The molecule has 7 nitrogen and oxygen atoms in total. The summed E-state index contributed by atoms with van der Waals surface area (Å²) in [6, 6.07) is 0. The van der Waals surface area contributed by atoms with Crippen LogP contribution in [0.15, 0.2) is 12.5 Å². The van der Waals surface area contributed by atoms with Crippen molar-refractivity contribution in [2.45, 2.75) is 19.9 Å². The summed E-state index contributed by atoms with van der Waals surface area (Å²) >= 11 is 7.24. The molecule has 0 unspecified atom stereocenters. The van der Waals surface area contributed by atoms with Crippen molar-refractivity contribution in [3.8, 4) is 0 Å². The first-order chi connectivity index (χ1) is 9.11. The molecule has 9 heteroatoms. The number of nitrogens with one attached hydrogen (secondary N) is 1. The van der Waals surface area contributed by atoms with E-state index in [0.717, 1.165) is 16.3 Å². The fourth-order valence-electron chi connectivity index (χ4n) is 1.40. The maximum absolute atomic E-state index is 10.9.